The Balaban J connectivity index is 1.82. The Morgan fingerprint density at radius 1 is 1.42 bits per heavy atom. The Bertz CT molecular complexity index is 442. The van der Waals surface area contributed by atoms with Crippen LogP contribution >= 0.6 is 0 Å². The number of ether oxygens (including phenoxy) is 1. The Labute approximate surface area is 113 Å². The molecule has 1 aliphatic carbocycles. The zero-order chi connectivity index (χ0) is 13.7. The van der Waals surface area contributed by atoms with E-state index in [2.05, 4.69) is 5.32 Å². The Morgan fingerprint density at radius 3 is 2.79 bits per heavy atom. The number of methoxy groups -OCH3 is 1. The molecule has 1 saturated carbocycles. The molecule has 1 aliphatic rings. The minimum atomic E-state index is -0.420. The van der Waals surface area contributed by atoms with Crippen LogP contribution in [-0.4, -0.2) is 25.5 Å². The number of halogens is 1. The summed E-state index contributed by atoms with van der Waals surface area (Å²) in [6.45, 7) is 0.373. The lowest BCUT2D eigenvalue weighted by Gasteiger charge is -2.11. The average molecular weight is 265 g/mol. The molecule has 0 unspecified atom stereocenters. The summed E-state index contributed by atoms with van der Waals surface area (Å²) in [5, 5.41) is 3.27. The molecule has 0 saturated heterocycles. The SMILES string of the molecule is COc1ccc(CC(=O)CNC2CCCC2)cc1F. The zero-order valence-electron chi connectivity index (χ0n) is 11.2. The Morgan fingerprint density at radius 2 is 2.16 bits per heavy atom. The lowest BCUT2D eigenvalue weighted by atomic mass is 10.1. The van der Waals surface area contributed by atoms with Crippen molar-refractivity contribution in [2.45, 2.75) is 38.1 Å². The van der Waals surface area contributed by atoms with Crippen molar-refractivity contribution >= 4 is 5.78 Å². The van der Waals surface area contributed by atoms with Crippen LogP contribution in [0.2, 0.25) is 0 Å². The number of ketones is 1. The molecule has 0 spiro atoms. The van der Waals surface area contributed by atoms with E-state index in [0.717, 1.165) is 12.8 Å². The topological polar surface area (TPSA) is 38.3 Å². The second kappa shape index (κ2) is 6.66. The third-order valence-corrected chi connectivity index (χ3v) is 3.56. The van der Waals surface area contributed by atoms with Crippen molar-refractivity contribution < 1.29 is 13.9 Å². The number of Topliss-reactive ketones (excluding diaryl/α,β-unsaturated/α-hetero) is 1. The van der Waals surface area contributed by atoms with Gasteiger partial charge in [-0.1, -0.05) is 18.9 Å². The number of benzene rings is 1. The van der Waals surface area contributed by atoms with Crippen molar-refractivity contribution in [3.8, 4) is 5.75 Å². The van der Waals surface area contributed by atoms with Gasteiger partial charge in [-0.25, -0.2) is 4.39 Å². The molecular weight excluding hydrogens is 245 g/mol. The van der Waals surface area contributed by atoms with Gasteiger partial charge >= 0.3 is 0 Å². The minimum Gasteiger partial charge on any atom is -0.494 e. The van der Waals surface area contributed by atoms with E-state index in [9.17, 15) is 9.18 Å². The second-order valence-corrected chi connectivity index (χ2v) is 5.05. The highest BCUT2D eigenvalue weighted by Gasteiger charge is 2.15. The van der Waals surface area contributed by atoms with Crippen LogP contribution in [0.25, 0.3) is 0 Å². The van der Waals surface area contributed by atoms with Crippen LogP contribution in [0.3, 0.4) is 0 Å². The van der Waals surface area contributed by atoms with Crippen LogP contribution in [0.15, 0.2) is 18.2 Å². The fourth-order valence-corrected chi connectivity index (χ4v) is 2.50. The predicted octanol–water partition coefficient (Wildman–Crippen LogP) is 2.48. The summed E-state index contributed by atoms with van der Waals surface area (Å²) in [6.07, 6.45) is 5.07. The molecule has 0 heterocycles. The third kappa shape index (κ3) is 4.03. The first-order valence-corrected chi connectivity index (χ1v) is 6.76. The van der Waals surface area contributed by atoms with E-state index < -0.39 is 5.82 Å². The summed E-state index contributed by atoms with van der Waals surface area (Å²) >= 11 is 0. The minimum absolute atomic E-state index is 0.0940. The van der Waals surface area contributed by atoms with Crippen LogP contribution < -0.4 is 10.1 Å². The van der Waals surface area contributed by atoms with Gasteiger partial charge in [0.2, 0.25) is 0 Å². The predicted molar refractivity (Wildman–Crippen MR) is 71.9 cm³/mol. The molecule has 19 heavy (non-hydrogen) atoms. The fourth-order valence-electron chi connectivity index (χ4n) is 2.50. The van der Waals surface area contributed by atoms with Crippen LogP contribution in [-0.2, 0) is 11.2 Å². The lowest BCUT2D eigenvalue weighted by molar-refractivity contribution is -0.117. The van der Waals surface area contributed by atoms with E-state index >= 15 is 0 Å². The molecule has 1 aromatic rings. The highest BCUT2D eigenvalue weighted by atomic mass is 19.1. The third-order valence-electron chi connectivity index (χ3n) is 3.56. The van der Waals surface area contributed by atoms with E-state index in [4.69, 9.17) is 4.74 Å². The molecule has 0 radical (unpaired) electrons. The summed E-state index contributed by atoms with van der Waals surface area (Å²) in [6, 6.07) is 5.14. The van der Waals surface area contributed by atoms with Crippen LogP contribution in [0.1, 0.15) is 31.2 Å². The second-order valence-electron chi connectivity index (χ2n) is 5.05. The van der Waals surface area contributed by atoms with Crippen LogP contribution in [0, 0.1) is 5.82 Å². The molecule has 0 atom stereocenters. The smallest absolute Gasteiger partial charge is 0.165 e. The molecule has 3 nitrogen and oxygen atoms in total. The van der Waals surface area contributed by atoms with Gasteiger partial charge in [0.05, 0.1) is 13.7 Å². The maximum Gasteiger partial charge on any atom is 0.165 e. The van der Waals surface area contributed by atoms with Gasteiger partial charge in [-0.15, -0.1) is 0 Å². The van der Waals surface area contributed by atoms with Crippen LogP contribution in [0.5, 0.6) is 5.75 Å². The highest BCUT2D eigenvalue weighted by molar-refractivity contribution is 5.82. The number of hydrogen-bond acceptors (Lipinski definition) is 3. The molecule has 4 heteroatoms. The zero-order valence-corrected chi connectivity index (χ0v) is 11.2. The first kappa shape index (κ1) is 14.0. The van der Waals surface area contributed by atoms with Gasteiger partial charge in [0, 0.05) is 12.5 Å². The van der Waals surface area contributed by atoms with E-state index in [1.807, 2.05) is 0 Å². The van der Waals surface area contributed by atoms with E-state index in [1.54, 1.807) is 12.1 Å². The Kier molecular flexibility index (Phi) is 4.91. The molecule has 104 valence electrons. The molecule has 0 amide bonds. The standard InChI is InChI=1S/C15H20FNO2/c1-19-15-7-6-11(9-14(15)16)8-13(18)10-17-12-4-2-3-5-12/h6-7,9,12,17H,2-5,8,10H2,1H3. The van der Waals surface area contributed by atoms with Crippen molar-refractivity contribution in [2.24, 2.45) is 0 Å². The maximum absolute atomic E-state index is 13.5. The molecule has 0 bridgehead atoms. The van der Waals surface area contributed by atoms with Crippen molar-refractivity contribution in [1.82, 2.24) is 5.32 Å². The molecule has 1 N–H and O–H groups in total. The number of carbonyl (C=O) groups is 1. The summed E-state index contributed by atoms with van der Waals surface area (Å²) in [5.74, 6) is -0.117. The van der Waals surface area contributed by atoms with Crippen molar-refractivity contribution in [3.05, 3.63) is 29.6 Å². The van der Waals surface area contributed by atoms with Gasteiger partial charge in [0.15, 0.2) is 17.3 Å². The average Bonchev–Trinajstić information content (AvgIpc) is 2.90. The van der Waals surface area contributed by atoms with E-state index in [1.165, 1.54) is 26.0 Å². The van der Waals surface area contributed by atoms with Gasteiger partial charge in [0.25, 0.3) is 0 Å². The van der Waals surface area contributed by atoms with E-state index in [-0.39, 0.29) is 18.0 Å². The van der Waals surface area contributed by atoms with Crippen LogP contribution in [0.4, 0.5) is 4.39 Å². The highest BCUT2D eigenvalue weighted by Crippen LogP contribution is 2.19. The first-order valence-electron chi connectivity index (χ1n) is 6.76. The van der Waals surface area contributed by atoms with Gasteiger partial charge in [0.1, 0.15) is 0 Å². The van der Waals surface area contributed by atoms with E-state index in [0.29, 0.717) is 18.2 Å². The number of nitrogens with one attached hydrogen (secondary N) is 1. The summed E-state index contributed by atoms with van der Waals surface area (Å²) in [4.78, 5) is 11.8. The lowest BCUT2D eigenvalue weighted by Crippen LogP contribution is -2.32. The summed E-state index contributed by atoms with van der Waals surface area (Å²) in [5.41, 5.74) is 0.691. The quantitative estimate of drug-likeness (QED) is 0.858. The Hall–Kier alpha value is -1.42. The van der Waals surface area contributed by atoms with Crippen molar-refractivity contribution in [2.75, 3.05) is 13.7 Å². The number of hydrogen-bond donors (Lipinski definition) is 1. The largest absolute Gasteiger partial charge is 0.494 e. The maximum atomic E-state index is 13.5. The first-order chi connectivity index (χ1) is 9.19. The number of carbonyl (C=O) groups excluding carboxylic acids is 1. The summed E-state index contributed by atoms with van der Waals surface area (Å²) < 4.78 is 18.3. The molecule has 1 aromatic carbocycles. The van der Waals surface area contributed by atoms with Gasteiger partial charge in [-0.2, -0.15) is 0 Å². The van der Waals surface area contributed by atoms with Crippen molar-refractivity contribution in [3.63, 3.8) is 0 Å². The molecular formula is C15H20FNO2. The fraction of sp³-hybridized carbons (Fsp3) is 0.533. The van der Waals surface area contributed by atoms with Gasteiger partial charge < -0.3 is 10.1 Å². The molecule has 0 aliphatic heterocycles. The van der Waals surface area contributed by atoms with Crippen molar-refractivity contribution in [1.29, 1.82) is 0 Å². The monoisotopic (exact) mass is 265 g/mol. The number of rotatable bonds is 6. The summed E-state index contributed by atoms with van der Waals surface area (Å²) in [7, 11) is 1.43. The molecule has 2 rings (SSSR count). The van der Waals surface area contributed by atoms with Gasteiger partial charge in [-0.05, 0) is 30.5 Å². The normalized spacial score (nSPS) is 15.7. The van der Waals surface area contributed by atoms with Gasteiger partial charge in [-0.3, -0.25) is 4.79 Å². The molecule has 0 aromatic heterocycles. The molecule has 1 fully saturated rings.